The highest BCUT2D eigenvalue weighted by atomic mass is 16.6. The Hall–Kier alpha value is -2.04. The van der Waals surface area contributed by atoms with Crippen molar-refractivity contribution in [2.75, 3.05) is 19.6 Å². The summed E-state index contributed by atoms with van der Waals surface area (Å²) in [5.41, 5.74) is 0.693. The molecule has 2 amide bonds. The minimum Gasteiger partial charge on any atom is -0.444 e. The van der Waals surface area contributed by atoms with Crippen molar-refractivity contribution in [2.45, 2.75) is 45.6 Å². The molecule has 0 aromatic heterocycles. The van der Waals surface area contributed by atoms with Gasteiger partial charge >= 0.3 is 6.09 Å². The van der Waals surface area contributed by atoms with Gasteiger partial charge in [0, 0.05) is 19.6 Å². The van der Waals surface area contributed by atoms with Gasteiger partial charge in [0.05, 0.1) is 5.92 Å². The Bertz CT molecular complexity index is 551. The average molecular weight is 332 g/mol. The molecule has 2 rings (SSSR count). The lowest BCUT2D eigenvalue weighted by Gasteiger charge is -2.33. The number of likely N-dealkylation sites (tertiary alicyclic amines) is 1. The number of benzene rings is 1. The molecule has 1 aliphatic rings. The third-order valence-corrected chi connectivity index (χ3v) is 4.00. The summed E-state index contributed by atoms with van der Waals surface area (Å²) in [6, 6.07) is 10.1. The van der Waals surface area contributed by atoms with Gasteiger partial charge in [-0.1, -0.05) is 30.3 Å². The number of carbonyl (C=O) groups is 2. The van der Waals surface area contributed by atoms with Crippen molar-refractivity contribution in [1.82, 2.24) is 10.2 Å². The van der Waals surface area contributed by atoms with Crippen LogP contribution in [0.4, 0.5) is 4.79 Å². The van der Waals surface area contributed by atoms with Crippen LogP contribution in [0, 0.1) is 5.92 Å². The Balaban J connectivity index is 1.78. The molecule has 0 spiro atoms. The molecule has 132 valence electrons. The van der Waals surface area contributed by atoms with Crippen molar-refractivity contribution < 1.29 is 14.3 Å². The van der Waals surface area contributed by atoms with E-state index >= 15 is 0 Å². The second kappa shape index (κ2) is 8.18. The molecule has 1 N–H and O–H groups in total. The van der Waals surface area contributed by atoms with Gasteiger partial charge in [0.1, 0.15) is 5.60 Å². The van der Waals surface area contributed by atoms with Crippen LogP contribution < -0.4 is 5.32 Å². The monoisotopic (exact) mass is 332 g/mol. The van der Waals surface area contributed by atoms with Gasteiger partial charge in [-0.25, -0.2) is 4.79 Å². The van der Waals surface area contributed by atoms with E-state index < -0.39 is 5.60 Å². The molecular weight excluding hydrogens is 304 g/mol. The molecule has 0 aliphatic carbocycles. The van der Waals surface area contributed by atoms with Gasteiger partial charge in [-0.2, -0.15) is 0 Å². The predicted molar refractivity (Wildman–Crippen MR) is 93.7 cm³/mol. The Morgan fingerprint density at radius 3 is 2.62 bits per heavy atom. The number of piperidine rings is 1. The number of ether oxygens (including phenoxy) is 1. The number of hydrogen-bond acceptors (Lipinski definition) is 3. The van der Waals surface area contributed by atoms with Crippen LogP contribution in [0.3, 0.4) is 0 Å². The topological polar surface area (TPSA) is 58.6 Å². The number of nitrogens with zero attached hydrogens (tertiary/aromatic N) is 1. The maximum absolute atomic E-state index is 12.4. The first-order chi connectivity index (χ1) is 11.3. The lowest BCUT2D eigenvalue weighted by atomic mass is 9.97. The van der Waals surface area contributed by atoms with Gasteiger partial charge in [0.25, 0.3) is 0 Å². The summed E-state index contributed by atoms with van der Waals surface area (Å²) in [7, 11) is 0. The summed E-state index contributed by atoms with van der Waals surface area (Å²) in [6.45, 7) is 7.26. The molecule has 0 bridgehead atoms. The summed E-state index contributed by atoms with van der Waals surface area (Å²) in [6.07, 6.45) is 2.13. The summed E-state index contributed by atoms with van der Waals surface area (Å²) < 4.78 is 5.40. The minimum absolute atomic E-state index is 0.0270. The largest absolute Gasteiger partial charge is 0.444 e. The molecule has 0 saturated carbocycles. The molecule has 1 unspecified atom stereocenters. The maximum atomic E-state index is 12.4. The van der Waals surface area contributed by atoms with E-state index in [2.05, 4.69) is 17.4 Å². The van der Waals surface area contributed by atoms with Crippen LogP contribution in [0.1, 0.15) is 39.2 Å². The summed E-state index contributed by atoms with van der Waals surface area (Å²) in [5, 5.41) is 2.99. The van der Waals surface area contributed by atoms with E-state index in [1.165, 1.54) is 5.56 Å². The van der Waals surface area contributed by atoms with E-state index in [0.717, 1.165) is 19.3 Å². The van der Waals surface area contributed by atoms with Crippen LogP contribution in [0.2, 0.25) is 0 Å². The van der Waals surface area contributed by atoms with Crippen LogP contribution in [0.15, 0.2) is 30.3 Å². The zero-order valence-electron chi connectivity index (χ0n) is 14.9. The van der Waals surface area contributed by atoms with Crippen molar-refractivity contribution in [2.24, 2.45) is 5.92 Å². The Morgan fingerprint density at radius 2 is 1.96 bits per heavy atom. The third kappa shape index (κ3) is 5.87. The highest BCUT2D eigenvalue weighted by Gasteiger charge is 2.30. The van der Waals surface area contributed by atoms with E-state index in [4.69, 9.17) is 4.74 Å². The summed E-state index contributed by atoms with van der Waals surface area (Å²) in [4.78, 5) is 26.2. The van der Waals surface area contributed by atoms with E-state index in [1.54, 1.807) is 4.90 Å². The third-order valence-electron chi connectivity index (χ3n) is 4.00. The zero-order chi connectivity index (χ0) is 17.6. The summed E-state index contributed by atoms with van der Waals surface area (Å²) >= 11 is 0. The number of rotatable bonds is 4. The van der Waals surface area contributed by atoms with Crippen LogP contribution >= 0.6 is 0 Å². The fourth-order valence-corrected chi connectivity index (χ4v) is 2.80. The molecule has 1 fully saturated rings. The lowest BCUT2D eigenvalue weighted by Crippen LogP contribution is -2.47. The van der Waals surface area contributed by atoms with Crippen LogP contribution in [0.5, 0.6) is 0 Å². The highest BCUT2D eigenvalue weighted by Crippen LogP contribution is 2.19. The molecular formula is C19H28N2O3. The van der Waals surface area contributed by atoms with Gasteiger partial charge in [-0.05, 0) is 45.6 Å². The number of nitrogens with one attached hydrogen (secondary N) is 1. The quantitative estimate of drug-likeness (QED) is 0.922. The van der Waals surface area contributed by atoms with Crippen LogP contribution in [0.25, 0.3) is 0 Å². The fraction of sp³-hybridized carbons (Fsp3) is 0.579. The average Bonchev–Trinajstić information content (AvgIpc) is 2.54. The Morgan fingerprint density at radius 1 is 1.25 bits per heavy atom. The molecule has 1 aromatic rings. The normalized spacial score (nSPS) is 18.1. The fourth-order valence-electron chi connectivity index (χ4n) is 2.80. The highest BCUT2D eigenvalue weighted by molar-refractivity contribution is 5.80. The predicted octanol–water partition coefficient (Wildman–Crippen LogP) is 2.99. The Labute approximate surface area is 144 Å². The smallest absolute Gasteiger partial charge is 0.410 e. The van der Waals surface area contributed by atoms with E-state index in [9.17, 15) is 9.59 Å². The molecule has 1 saturated heterocycles. The van der Waals surface area contributed by atoms with Gasteiger partial charge in [-0.15, -0.1) is 0 Å². The van der Waals surface area contributed by atoms with Crippen molar-refractivity contribution in [3.8, 4) is 0 Å². The number of hydrogen-bond donors (Lipinski definition) is 1. The molecule has 0 radical (unpaired) electrons. The zero-order valence-corrected chi connectivity index (χ0v) is 14.9. The first-order valence-corrected chi connectivity index (χ1v) is 8.65. The van der Waals surface area contributed by atoms with Gasteiger partial charge in [-0.3, -0.25) is 4.79 Å². The van der Waals surface area contributed by atoms with Gasteiger partial charge in [0.15, 0.2) is 0 Å². The first kappa shape index (κ1) is 18.3. The molecule has 1 aromatic carbocycles. The van der Waals surface area contributed by atoms with E-state index in [0.29, 0.717) is 19.6 Å². The molecule has 5 heteroatoms. The van der Waals surface area contributed by atoms with Crippen molar-refractivity contribution in [3.05, 3.63) is 35.9 Å². The second-order valence-electron chi connectivity index (χ2n) is 7.29. The molecule has 5 nitrogen and oxygen atoms in total. The molecule has 1 heterocycles. The minimum atomic E-state index is -0.512. The van der Waals surface area contributed by atoms with Gasteiger partial charge < -0.3 is 15.0 Å². The van der Waals surface area contributed by atoms with Crippen molar-refractivity contribution in [1.29, 1.82) is 0 Å². The molecule has 24 heavy (non-hydrogen) atoms. The molecule has 1 aliphatic heterocycles. The van der Waals surface area contributed by atoms with Crippen LogP contribution in [-0.2, 0) is 16.0 Å². The van der Waals surface area contributed by atoms with E-state index in [-0.39, 0.29) is 17.9 Å². The first-order valence-electron chi connectivity index (χ1n) is 8.65. The number of amides is 2. The standard InChI is InChI=1S/C19H28N2O3/c1-19(2,3)24-18(23)21-13-7-10-16(14-21)17(22)20-12-11-15-8-5-4-6-9-15/h4-6,8-9,16H,7,10-14H2,1-3H3,(H,20,22). The van der Waals surface area contributed by atoms with Gasteiger partial charge in [0.2, 0.25) is 5.91 Å². The summed E-state index contributed by atoms with van der Waals surface area (Å²) in [5.74, 6) is -0.124. The second-order valence-corrected chi connectivity index (χ2v) is 7.29. The SMILES string of the molecule is CC(C)(C)OC(=O)N1CCCC(C(=O)NCCc2ccccc2)C1. The van der Waals surface area contributed by atoms with E-state index in [1.807, 2.05) is 39.0 Å². The van der Waals surface area contributed by atoms with Crippen molar-refractivity contribution >= 4 is 12.0 Å². The van der Waals surface area contributed by atoms with Crippen LogP contribution in [-0.4, -0.2) is 42.1 Å². The molecule has 1 atom stereocenters. The maximum Gasteiger partial charge on any atom is 0.410 e. The number of carbonyl (C=O) groups excluding carboxylic acids is 2. The lowest BCUT2D eigenvalue weighted by molar-refractivity contribution is -0.126. The van der Waals surface area contributed by atoms with Crippen molar-refractivity contribution in [3.63, 3.8) is 0 Å². The Kier molecular flexibility index (Phi) is 6.23.